The van der Waals surface area contributed by atoms with Crippen LogP contribution in [0.15, 0.2) is 22.7 Å². The van der Waals surface area contributed by atoms with E-state index in [4.69, 9.17) is 4.52 Å². The second-order valence-corrected chi connectivity index (χ2v) is 6.00. The standard InChI is InChI=1S/C14H15F2N3OS/c1-2-17-12-7-21-6-11(12)14-18-13(19-20-14)8-3-9(15)5-10(16)4-8/h3-5,11-12,17H,2,6-7H2,1H3. The van der Waals surface area contributed by atoms with Gasteiger partial charge in [-0.2, -0.15) is 16.7 Å². The van der Waals surface area contributed by atoms with E-state index in [-0.39, 0.29) is 23.3 Å². The third-order valence-electron chi connectivity index (χ3n) is 3.43. The maximum absolute atomic E-state index is 13.2. The molecule has 1 saturated heterocycles. The molecule has 7 heteroatoms. The Morgan fingerprint density at radius 2 is 2.05 bits per heavy atom. The molecular formula is C14H15F2N3OS. The van der Waals surface area contributed by atoms with E-state index in [1.165, 1.54) is 12.1 Å². The van der Waals surface area contributed by atoms with E-state index in [9.17, 15) is 8.78 Å². The topological polar surface area (TPSA) is 51.0 Å². The molecule has 0 aliphatic carbocycles. The minimum atomic E-state index is -0.654. The smallest absolute Gasteiger partial charge is 0.232 e. The highest BCUT2D eigenvalue weighted by Gasteiger charge is 2.33. The maximum Gasteiger partial charge on any atom is 0.232 e. The van der Waals surface area contributed by atoms with E-state index in [0.717, 1.165) is 24.1 Å². The molecule has 2 atom stereocenters. The zero-order valence-electron chi connectivity index (χ0n) is 11.5. The Bertz CT molecular complexity index is 614. The molecule has 0 bridgehead atoms. The normalized spacial score (nSPS) is 21.9. The molecule has 1 aliphatic heterocycles. The third kappa shape index (κ3) is 3.08. The average molecular weight is 311 g/mol. The predicted molar refractivity (Wildman–Crippen MR) is 77.2 cm³/mol. The van der Waals surface area contributed by atoms with Crippen molar-refractivity contribution in [2.75, 3.05) is 18.1 Å². The van der Waals surface area contributed by atoms with Gasteiger partial charge < -0.3 is 9.84 Å². The lowest BCUT2D eigenvalue weighted by molar-refractivity contribution is 0.340. The molecular weight excluding hydrogens is 296 g/mol. The van der Waals surface area contributed by atoms with Crippen LogP contribution in [0.1, 0.15) is 18.7 Å². The summed E-state index contributed by atoms with van der Waals surface area (Å²) >= 11 is 1.82. The predicted octanol–water partition coefficient (Wildman–Crippen LogP) is 2.82. The van der Waals surface area contributed by atoms with Crippen molar-refractivity contribution < 1.29 is 13.3 Å². The Balaban J connectivity index is 1.86. The summed E-state index contributed by atoms with van der Waals surface area (Å²) in [5.41, 5.74) is 0.285. The Morgan fingerprint density at radius 1 is 1.29 bits per heavy atom. The highest BCUT2D eigenvalue weighted by atomic mass is 32.2. The summed E-state index contributed by atoms with van der Waals surface area (Å²) in [5.74, 6) is 1.45. The summed E-state index contributed by atoms with van der Waals surface area (Å²) in [7, 11) is 0. The molecule has 21 heavy (non-hydrogen) atoms. The molecule has 1 aromatic heterocycles. The first-order chi connectivity index (χ1) is 10.2. The third-order valence-corrected chi connectivity index (χ3v) is 4.62. The van der Waals surface area contributed by atoms with Gasteiger partial charge >= 0.3 is 0 Å². The molecule has 1 N–H and O–H groups in total. The summed E-state index contributed by atoms with van der Waals surface area (Å²) in [6.07, 6.45) is 0. The largest absolute Gasteiger partial charge is 0.339 e. The fourth-order valence-electron chi connectivity index (χ4n) is 2.45. The highest BCUT2D eigenvalue weighted by molar-refractivity contribution is 7.99. The number of nitrogens with zero attached hydrogens (tertiary/aromatic N) is 2. The monoisotopic (exact) mass is 311 g/mol. The second-order valence-electron chi connectivity index (χ2n) is 4.92. The number of likely N-dealkylation sites (N-methyl/N-ethyl adjacent to an activating group) is 1. The van der Waals surface area contributed by atoms with Crippen LogP contribution < -0.4 is 5.32 Å². The summed E-state index contributed by atoms with van der Waals surface area (Å²) < 4.78 is 31.8. The summed E-state index contributed by atoms with van der Waals surface area (Å²) in [4.78, 5) is 4.31. The van der Waals surface area contributed by atoms with Crippen LogP contribution in [0.25, 0.3) is 11.4 Å². The van der Waals surface area contributed by atoms with Crippen LogP contribution >= 0.6 is 11.8 Å². The molecule has 4 nitrogen and oxygen atoms in total. The lowest BCUT2D eigenvalue weighted by atomic mass is 10.0. The molecule has 3 rings (SSSR count). The van der Waals surface area contributed by atoms with E-state index >= 15 is 0 Å². The maximum atomic E-state index is 13.2. The van der Waals surface area contributed by atoms with Gasteiger partial charge in [-0.05, 0) is 18.7 Å². The van der Waals surface area contributed by atoms with Crippen molar-refractivity contribution in [2.45, 2.75) is 18.9 Å². The van der Waals surface area contributed by atoms with Gasteiger partial charge in [-0.25, -0.2) is 8.78 Å². The quantitative estimate of drug-likeness (QED) is 0.941. The summed E-state index contributed by atoms with van der Waals surface area (Å²) in [6.45, 7) is 2.92. The Labute approximate surface area is 125 Å². The number of benzene rings is 1. The highest BCUT2D eigenvalue weighted by Crippen LogP contribution is 2.33. The minimum absolute atomic E-state index is 0.134. The number of aromatic nitrogens is 2. The van der Waals surface area contributed by atoms with Gasteiger partial charge in [0.25, 0.3) is 0 Å². The van der Waals surface area contributed by atoms with Crippen LogP contribution in [0.5, 0.6) is 0 Å². The molecule has 112 valence electrons. The number of nitrogens with one attached hydrogen (secondary N) is 1. The molecule has 0 saturated carbocycles. The molecule has 2 unspecified atom stereocenters. The molecule has 0 amide bonds. The van der Waals surface area contributed by atoms with Crippen LogP contribution in [0.2, 0.25) is 0 Å². The van der Waals surface area contributed by atoms with Gasteiger partial charge in [0.2, 0.25) is 11.7 Å². The van der Waals surface area contributed by atoms with Crippen molar-refractivity contribution in [1.29, 1.82) is 0 Å². The van der Waals surface area contributed by atoms with Gasteiger partial charge in [0.1, 0.15) is 11.6 Å². The number of thioether (sulfide) groups is 1. The van der Waals surface area contributed by atoms with Crippen LogP contribution in [0, 0.1) is 11.6 Å². The number of rotatable bonds is 4. The van der Waals surface area contributed by atoms with Gasteiger partial charge in [0.15, 0.2) is 0 Å². The van der Waals surface area contributed by atoms with Crippen LogP contribution in [-0.4, -0.2) is 34.2 Å². The van der Waals surface area contributed by atoms with Gasteiger partial charge in [-0.1, -0.05) is 12.1 Å². The first kappa shape index (κ1) is 14.5. The van der Waals surface area contributed by atoms with E-state index < -0.39 is 11.6 Å². The summed E-state index contributed by atoms with van der Waals surface area (Å²) in [6, 6.07) is 3.50. The molecule has 1 fully saturated rings. The minimum Gasteiger partial charge on any atom is -0.339 e. The summed E-state index contributed by atoms with van der Waals surface area (Å²) in [5, 5.41) is 7.24. The molecule has 0 spiro atoms. The number of hydrogen-bond donors (Lipinski definition) is 1. The Hall–Kier alpha value is -1.47. The Morgan fingerprint density at radius 3 is 2.76 bits per heavy atom. The van der Waals surface area contributed by atoms with Crippen molar-refractivity contribution in [3.63, 3.8) is 0 Å². The molecule has 2 heterocycles. The van der Waals surface area contributed by atoms with E-state index in [2.05, 4.69) is 22.4 Å². The number of halogens is 2. The van der Waals surface area contributed by atoms with Crippen molar-refractivity contribution in [3.05, 3.63) is 35.7 Å². The first-order valence-corrected chi connectivity index (χ1v) is 7.94. The van der Waals surface area contributed by atoms with Crippen molar-refractivity contribution in [2.24, 2.45) is 0 Å². The first-order valence-electron chi connectivity index (χ1n) is 6.78. The van der Waals surface area contributed by atoms with Crippen molar-refractivity contribution in [1.82, 2.24) is 15.5 Å². The average Bonchev–Trinajstić information content (AvgIpc) is 3.06. The molecule has 0 radical (unpaired) electrons. The number of hydrogen-bond acceptors (Lipinski definition) is 5. The Kier molecular flexibility index (Phi) is 4.21. The van der Waals surface area contributed by atoms with E-state index in [1.54, 1.807) is 0 Å². The lowest BCUT2D eigenvalue weighted by Crippen LogP contribution is -2.34. The fraction of sp³-hybridized carbons (Fsp3) is 0.429. The zero-order chi connectivity index (χ0) is 14.8. The van der Waals surface area contributed by atoms with Crippen molar-refractivity contribution >= 4 is 11.8 Å². The van der Waals surface area contributed by atoms with Crippen LogP contribution in [0.4, 0.5) is 8.78 Å². The fourth-order valence-corrected chi connectivity index (χ4v) is 3.82. The molecule has 1 aliphatic rings. The van der Waals surface area contributed by atoms with Crippen molar-refractivity contribution in [3.8, 4) is 11.4 Å². The molecule has 1 aromatic carbocycles. The van der Waals surface area contributed by atoms with Crippen LogP contribution in [-0.2, 0) is 0 Å². The van der Waals surface area contributed by atoms with E-state index in [1.807, 2.05) is 11.8 Å². The zero-order valence-corrected chi connectivity index (χ0v) is 12.3. The van der Waals surface area contributed by atoms with Gasteiger partial charge in [-0.3, -0.25) is 0 Å². The van der Waals surface area contributed by atoms with Gasteiger partial charge in [0, 0.05) is 29.2 Å². The van der Waals surface area contributed by atoms with E-state index in [0.29, 0.717) is 5.89 Å². The van der Waals surface area contributed by atoms with Gasteiger partial charge in [0.05, 0.1) is 5.92 Å². The molecule has 2 aromatic rings. The van der Waals surface area contributed by atoms with Crippen LogP contribution in [0.3, 0.4) is 0 Å². The second kappa shape index (κ2) is 6.11. The van der Waals surface area contributed by atoms with Gasteiger partial charge in [-0.15, -0.1) is 0 Å². The lowest BCUT2D eigenvalue weighted by Gasteiger charge is -2.15. The SMILES string of the molecule is CCNC1CSCC1c1nc(-c2cc(F)cc(F)c2)no1.